The minimum atomic E-state index is 0.490. The average Bonchev–Trinajstić information content (AvgIpc) is 2.82. The van der Waals surface area contributed by atoms with E-state index in [1.54, 1.807) is 0 Å². The van der Waals surface area contributed by atoms with E-state index in [9.17, 15) is 0 Å². The zero-order valence-corrected chi connectivity index (χ0v) is 9.93. The molecule has 3 heteroatoms. The van der Waals surface area contributed by atoms with Crippen molar-refractivity contribution in [3.8, 4) is 5.69 Å². The fourth-order valence-electron chi connectivity index (χ4n) is 1.99. The molecule has 1 aromatic heterocycles. The molecule has 0 aliphatic rings. The smallest absolute Gasteiger partial charge is 0.0741 e. The third-order valence-corrected chi connectivity index (χ3v) is 3.13. The van der Waals surface area contributed by atoms with Crippen LogP contribution in [0, 0.1) is 0 Å². The summed E-state index contributed by atoms with van der Waals surface area (Å²) in [6, 6.07) is 16.2. The lowest BCUT2D eigenvalue weighted by Crippen LogP contribution is -1.99. The lowest BCUT2D eigenvalue weighted by molar-refractivity contribution is 0.900. The molecule has 0 radical (unpaired) electrons. The van der Waals surface area contributed by atoms with Crippen molar-refractivity contribution in [2.24, 2.45) is 0 Å². The quantitative estimate of drug-likeness (QED) is 0.626. The first kappa shape index (κ1) is 10.4. The largest absolute Gasteiger partial charge is 0.233 e. The van der Waals surface area contributed by atoms with Gasteiger partial charge in [-0.3, -0.25) is 0 Å². The van der Waals surface area contributed by atoms with E-state index in [1.807, 2.05) is 47.3 Å². The summed E-state index contributed by atoms with van der Waals surface area (Å²) in [7, 11) is 0. The number of rotatable bonds is 2. The summed E-state index contributed by atoms with van der Waals surface area (Å²) in [6.45, 7) is 0. The molecule has 0 saturated carbocycles. The second kappa shape index (κ2) is 4.22. The highest BCUT2D eigenvalue weighted by Gasteiger charge is 2.07. The summed E-state index contributed by atoms with van der Waals surface area (Å²) in [5.41, 5.74) is 3.23. The first-order valence-electron chi connectivity index (χ1n) is 5.47. The molecular formula is C14H11ClN2. The van der Waals surface area contributed by atoms with Crippen molar-refractivity contribution >= 4 is 22.5 Å². The molecule has 0 atom stereocenters. The van der Waals surface area contributed by atoms with Crippen molar-refractivity contribution < 1.29 is 0 Å². The van der Waals surface area contributed by atoms with Crippen molar-refractivity contribution in [1.82, 2.24) is 9.78 Å². The molecule has 3 rings (SSSR count). The van der Waals surface area contributed by atoms with E-state index in [4.69, 9.17) is 11.6 Å². The summed E-state index contributed by atoms with van der Waals surface area (Å²) < 4.78 is 1.94. The molecule has 0 N–H and O–H groups in total. The molecule has 1 heterocycles. The maximum atomic E-state index is 5.96. The van der Waals surface area contributed by atoms with Crippen LogP contribution in [-0.2, 0) is 5.88 Å². The van der Waals surface area contributed by atoms with Gasteiger partial charge in [-0.25, -0.2) is 4.68 Å². The minimum Gasteiger partial charge on any atom is -0.233 e. The first-order valence-corrected chi connectivity index (χ1v) is 6.00. The van der Waals surface area contributed by atoms with Crippen LogP contribution in [-0.4, -0.2) is 9.78 Å². The fraction of sp³-hybridized carbons (Fsp3) is 0.0714. The van der Waals surface area contributed by atoms with Crippen LogP contribution in [0.5, 0.6) is 0 Å². The number of hydrogen-bond acceptors (Lipinski definition) is 1. The van der Waals surface area contributed by atoms with Crippen LogP contribution in [0.1, 0.15) is 5.56 Å². The Bertz CT molecular complexity index is 658. The van der Waals surface area contributed by atoms with E-state index in [0.29, 0.717) is 5.88 Å². The number of fused-ring (bicyclic) bond motifs is 1. The van der Waals surface area contributed by atoms with Gasteiger partial charge in [-0.05, 0) is 17.7 Å². The SMILES string of the molecule is ClCc1ccccc1-n1ncc2ccccc21. The Morgan fingerprint density at radius 1 is 1.00 bits per heavy atom. The summed E-state index contributed by atoms with van der Waals surface area (Å²) in [4.78, 5) is 0. The second-order valence-electron chi connectivity index (χ2n) is 3.88. The molecule has 0 saturated heterocycles. The van der Waals surface area contributed by atoms with Crippen LogP contribution in [0.3, 0.4) is 0 Å². The molecule has 0 spiro atoms. The van der Waals surface area contributed by atoms with Gasteiger partial charge in [-0.1, -0.05) is 36.4 Å². The molecule has 0 amide bonds. The van der Waals surface area contributed by atoms with Crippen LogP contribution >= 0.6 is 11.6 Å². The van der Waals surface area contributed by atoms with Crippen LogP contribution in [0.25, 0.3) is 16.6 Å². The Balaban J connectivity index is 2.27. The van der Waals surface area contributed by atoms with Gasteiger partial charge < -0.3 is 0 Å². The minimum absolute atomic E-state index is 0.490. The maximum absolute atomic E-state index is 5.96. The van der Waals surface area contributed by atoms with E-state index in [0.717, 1.165) is 22.2 Å². The predicted octanol–water partition coefficient (Wildman–Crippen LogP) is 3.76. The van der Waals surface area contributed by atoms with Crippen LogP contribution in [0.4, 0.5) is 0 Å². The van der Waals surface area contributed by atoms with E-state index >= 15 is 0 Å². The van der Waals surface area contributed by atoms with Crippen molar-refractivity contribution in [2.45, 2.75) is 5.88 Å². The van der Waals surface area contributed by atoms with E-state index in [-0.39, 0.29) is 0 Å². The topological polar surface area (TPSA) is 17.8 Å². The van der Waals surface area contributed by atoms with Gasteiger partial charge in [0, 0.05) is 11.3 Å². The van der Waals surface area contributed by atoms with Gasteiger partial charge in [-0.15, -0.1) is 11.6 Å². The van der Waals surface area contributed by atoms with Crippen molar-refractivity contribution in [2.75, 3.05) is 0 Å². The third-order valence-electron chi connectivity index (χ3n) is 2.84. The number of nitrogens with zero attached hydrogens (tertiary/aromatic N) is 2. The maximum Gasteiger partial charge on any atom is 0.0741 e. The first-order chi connectivity index (χ1) is 8.40. The standard InChI is InChI=1S/C14H11ClN2/c15-9-11-5-1-3-7-13(11)17-14-8-4-2-6-12(14)10-16-17/h1-8,10H,9H2. The molecule has 2 nitrogen and oxygen atoms in total. The van der Waals surface area contributed by atoms with E-state index in [1.165, 1.54) is 0 Å². The number of aromatic nitrogens is 2. The van der Waals surface area contributed by atoms with Gasteiger partial charge in [-0.2, -0.15) is 5.10 Å². The Morgan fingerprint density at radius 3 is 2.65 bits per heavy atom. The van der Waals surface area contributed by atoms with Gasteiger partial charge in [0.15, 0.2) is 0 Å². The fourth-order valence-corrected chi connectivity index (χ4v) is 2.22. The van der Waals surface area contributed by atoms with Gasteiger partial charge in [0.1, 0.15) is 0 Å². The van der Waals surface area contributed by atoms with Gasteiger partial charge in [0.05, 0.1) is 17.4 Å². The molecule has 17 heavy (non-hydrogen) atoms. The summed E-state index contributed by atoms with van der Waals surface area (Å²) in [5, 5.41) is 5.57. The lowest BCUT2D eigenvalue weighted by Gasteiger charge is -2.07. The molecule has 2 aromatic carbocycles. The van der Waals surface area contributed by atoms with Crippen LogP contribution in [0.2, 0.25) is 0 Å². The zero-order valence-electron chi connectivity index (χ0n) is 9.18. The predicted molar refractivity (Wildman–Crippen MR) is 70.6 cm³/mol. The molecule has 0 aliphatic carbocycles. The Morgan fingerprint density at radius 2 is 1.76 bits per heavy atom. The number of halogens is 1. The Labute approximate surface area is 104 Å². The third kappa shape index (κ3) is 1.71. The van der Waals surface area contributed by atoms with Crippen LogP contribution in [0.15, 0.2) is 54.7 Å². The Hall–Kier alpha value is -1.80. The van der Waals surface area contributed by atoms with Gasteiger partial charge in [0.25, 0.3) is 0 Å². The molecular weight excluding hydrogens is 232 g/mol. The normalized spacial score (nSPS) is 10.9. The van der Waals surface area contributed by atoms with E-state index in [2.05, 4.69) is 17.2 Å². The van der Waals surface area contributed by atoms with Gasteiger partial charge >= 0.3 is 0 Å². The van der Waals surface area contributed by atoms with Gasteiger partial charge in [0.2, 0.25) is 0 Å². The van der Waals surface area contributed by atoms with Crippen molar-refractivity contribution in [1.29, 1.82) is 0 Å². The number of hydrogen-bond donors (Lipinski definition) is 0. The molecule has 0 bridgehead atoms. The highest BCUT2D eigenvalue weighted by Crippen LogP contribution is 2.21. The highest BCUT2D eigenvalue weighted by atomic mass is 35.5. The molecule has 0 aliphatic heterocycles. The van der Waals surface area contributed by atoms with Crippen molar-refractivity contribution in [3.05, 3.63) is 60.3 Å². The monoisotopic (exact) mass is 242 g/mol. The lowest BCUT2D eigenvalue weighted by atomic mass is 10.2. The molecule has 0 unspecified atom stereocenters. The summed E-state index contributed by atoms with van der Waals surface area (Å²) in [6.07, 6.45) is 1.88. The van der Waals surface area contributed by atoms with E-state index < -0.39 is 0 Å². The Kier molecular flexibility index (Phi) is 2.57. The second-order valence-corrected chi connectivity index (χ2v) is 4.14. The molecule has 84 valence electrons. The number of alkyl halides is 1. The zero-order chi connectivity index (χ0) is 11.7. The average molecular weight is 243 g/mol. The molecule has 3 aromatic rings. The molecule has 0 fully saturated rings. The van der Waals surface area contributed by atoms with Crippen LogP contribution < -0.4 is 0 Å². The number of para-hydroxylation sites is 2. The highest BCUT2D eigenvalue weighted by molar-refractivity contribution is 6.17. The number of benzene rings is 2. The van der Waals surface area contributed by atoms with Crippen molar-refractivity contribution in [3.63, 3.8) is 0 Å². The summed E-state index contributed by atoms with van der Waals surface area (Å²) >= 11 is 5.96. The summed E-state index contributed by atoms with van der Waals surface area (Å²) in [5.74, 6) is 0.490.